The summed E-state index contributed by atoms with van der Waals surface area (Å²) in [5.74, 6) is 0.0906. The van der Waals surface area contributed by atoms with E-state index in [9.17, 15) is 9.59 Å². The largest absolute Gasteiger partial charge is 0.341 e. The van der Waals surface area contributed by atoms with Gasteiger partial charge < -0.3 is 10.2 Å². The molecule has 0 aliphatic carbocycles. The van der Waals surface area contributed by atoms with Crippen LogP contribution in [0.4, 0.5) is 0 Å². The highest BCUT2D eigenvalue weighted by atomic mass is 35.5. The van der Waals surface area contributed by atoms with Crippen molar-refractivity contribution < 1.29 is 9.59 Å². The standard InChI is InChI=1S/C18H24ClN3O2.ClH/c19-15-3-1-14(2-4-15)17(23)5-6-18(24)22-10-7-16(13-22)21-11-8-20-9-12-21;/h1-4,16,20H,5-13H2;1H. The lowest BCUT2D eigenvalue weighted by molar-refractivity contribution is -0.130. The van der Waals surface area contributed by atoms with Crippen LogP contribution in [-0.4, -0.2) is 66.8 Å². The minimum atomic E-state index is -0.00197. The normalized spacial score (nSPS) is 21.0. The Morgan fingerprint density at radius 1 is 1.08 bits per heavy atom. The van der Waals surface area contributed by atoms with Crippen LogP contribution in [0, 0.1) is 0 Å². The van der Waals surface area contributed by atoms with Gasteiger partial charge in [-0.15, -0.1) is 12.4 Å². The average molecular weight is 386 g/mol. The van der Waals surface area contributed by atoms with Crippen LogP contribution in [0.25, 0.3) is 0 Å². The van der Waals surface area contributed by atoms with E-state index in [-0.39, 0.29) is 36.9 Å². The third-order valence-electron chi connectivity index (χ3n) is 4.92. The van der Waals surface area contributed by atoms with Gasteiger partial charge in [0.1, 0.15) is 0 Å². The Bertz CT molecular complexity index is 588. The van der Waals surface area contributed by atoms with Crippen LogP contribution in [0.1, 0.15) is 29.6 Å². The Balaban J connectivity index is 0.00000225. The molecule has 1 unspecified atom stereocenters. The minimum absolute atomic E-state index is 0. The highest BCUT2D eigenvalue weighted by Gasteiger charge is 2.30. The third-order valence-corrected chi connectivity index (χ3v) is 5.17. The van der Waals surface area contributed by atoms with E-state index >= 15 is 0 Å². The number of likely N-dealkylation sites (tertiary alicyclic amines) is 1. The van der Waals surface area contributed by atoms with Gasteiger partial charge in [-0.2, -0.15) is 0 Å². The van der Waals surface area contributed by atoms with E-state index in [1.165, 1.54) is 0 Å². The number of benzene rings is 1. The summed E-state index contributed by atoms with van der Waals surface area (Å²) in [4.78, 5) is 28.9. The molecule has 2 heterocycles. The molecule has 1 atom stereocenters. The first kappa shape index (κ1) is 20.2. The quantitative estimate of drug-likeness (QED) is 0.789. The van der Waals surface area contributed by atoms with Crippen LogP contribution in [0.2, 0.25) is 5.02 Å². The SMILES string of the molecule is Cl.O=C(CCC(=O)N1CCC(N2CCNCC2)C1)c1ccc(Cl)cc1. The van der Waals surface area contributed by atoms with Crippen molar-refractivity contribution in [1.29, 1.82) is 0 Å². The fourth-order valence-corrected chi connectivity index (χ4v) is 3.60. The number of hydrogen-bond donors (Lipinski definition) is 1. The first-order valence-corrected chi connectivity index (χ1v) is 9.02. The maximum atomic E-state index is 12.4. The molecular formula is C18H25Cl2N3O2. The summed E-state index contributed by atoms with van der Waals surface area (Å²) in [5.41, 5.74) is 0.618. The smallest absolute Gasteiger partial charge is 0.223 e. The van der Waals surface area contributed by atoms with Gasteiger partial charge in [-0.1, -0.05) is 11.6 Å². The molecule has 2 aliphatic heterocycles. The molecule has 0 spiro atoms. The van der Waals surface area contributed by atoms with Crippen LogP contribution in [-0.2, 0) is 4.79 Å². The van der Waals surface area contributed by atoms with Gasteiger partial charge in [0.05, 0.1) is 0 Å². The lowest BCUT2D eigenvalue weighted by Crippen LogP contribution is -2.49. The van der Waals surface area contributed by atoms with E-state index in [1.807, 2.05) is 4.90 Å². The number of amides is 1. The highest BCUT2D eigenvalue weighted by Crippen LogP contribution is 2.18. The molecule has 25 heavy (non-hydrogen) atoms. The first-order valence-electron chi connectivity index (χ1n) is 8.65. The summed E-state index contributed by atoms with van der Waals surface area (Å²) in [6.07, 6.45) is 1.59. The molecule has 0 bridgehead atoms. The first-order chi connectivity index (χ1) is 11.6. The molecule has 0 aromatic heterocycles. The van der Waals surface area contributed by atoms with E-state index in [0.29, 0.717) is 16.6 Å². The van der Waals surface area contributed by atoms with E-state index < -0.39 is 0 Å². The summed E-state index contributed by atoms with van der Waals surface area (Å²) in [6, 6.07) is 7.31. The number of halogens is 2. The molecule has 2 saturated heterocycles. The van der Waals surface area contributed by atoms with E-state index in [1.54, 1.807) is 24.3 Å². The van der Waals surface area contributed by atoms with Gasteiger partial charge >= 0.3 is 0 Å². The molecule has 0 radical (unpaired) electrons. The maximum absolute atomic E-state index is 12.4. The zero-order chi connectivity index (χ0) is 16.9. The second-order valence-electron chi connectivity index (χ2n) is 6.50. The maximum Gasteiger partial charge on any atom is 0.223 e. The lowest BCUT2D eigenvalue weighted by atomic mass is 10.1. The highest BCUT2D eigenvalue weighted by molar-refractivity contribution is 6.30. The van der Waals surface area contributed by atoms with E-state index in [0.717, 1.165) is 45.7 Å². The van der Waals surface area contributed by atoms with Gasteiger partial charge in [0, 0.05) is 68.7 Å². The van der Waals surface area contributed by atoms with Crippen LogP contribution < -0.4 is 5.32 Å². The van der Waals surface area contributed by atoms with Gasteiger partial charge in [0.2, 0.25) is 5.91 Å². The topological polar surface area (TPSA) is 52.7 Å². The summed E-state index contributed by atoms with van der Waals surface area (Å²) >= 11 is 5.83. The van der Waals surface area contributed by atoms with Gasteiger partial charge in [-0.05, 0) is 30.7 Å². The average Bonchev–Trinajstić information content (AvgIpc) is 3.11. The molecule has 1 aromatic rings. The zero-order valence-electron chi connectivity index (χ0n) is 14.2. The van der Waals surface area contributed by atoms with Crippen LogP contribution in [0.15, 0.2) is 24.3 Å². The van der Waals surface area contributed by atoms with E-state index in [4.69, 9.17) is 11.6 Å². The van der Waals surface area contributed by atoms with Crippen molar-refractivity contribution in [3.05, 3.63) is 34.9 Å². The number of hydrogen-bond acceptors (Lipinski definition) is 4. The monoisotopic (exact) mass is 385 g/mol. The zero-order valence-corrected chi connectivity index (χ0v) is 15.8. The van der Waals surface area contributed by atoms with Crippen LogP contribution in [0.3, 0.4) is 0 Å². The summed E-state index contributed by atoms with van der Waals surface area (Å²) < 4.78 is 0. The minimum Gasteiger partial charge on any atom is -0.341 e. The summed E-state index contributed by atoms with van der Waals surface area (Å²) in [7, 11) is 0. The summed E-state index contributed by atoms with van der Waals surface area (Å²) in [5, 5.41) is 3.97. The molecular weight excluding hydrogens is 361 g/mol. The van der Waals surface area contributed by atoms with Gasteiger partial charge in [0.15, 0.2) is 5.78 Å². The molecule has 7 heteroatoms. The number of ketones is 1. The number of Topliss-reactive ketones (excluding diaryl/α,β-unsaturated/α-hetero) is 1. The van der Waals surface area contributed by atoms with Crippen LogP contribution in [0.5, 0.6) is 0 Å². The Kier molecular flexibility index (Phi) is 7.69. The van der Waals surface area contributed by atoms with Crippen molar-refractivity contribution in [2.24, 2.45) is 0 Å². The fraction of sp³-hybridized carbons (Fsp3) is 0.556. The molecule has 2 fully saturated rings. The Hall–Kier alpha value is -1.14. The van der Waals surface area contributed by atoms with Crippen molar-refractivity contribution in [1.82, 2.24) is 15.1 Å². The number of nitrogens with one attached hydrogen (secondary N) is 1. The Morgan fingerprint density at radius 2 is 1.76 bits per heavy atom. The molecule has 5 nitrogen and oxygen atoms in total. The molecule has 2 aliphatic rings. The van der Waals surface area contributed by atoms with Gasteiger partial charge in [0.25, 0.3) is 0 Å². The predicted molar refractivity (Wildman–Crippen MR) is 102 cm³/mol. The molecule has 1 aromatic carbocycles. The number of rotatable bonds is 5. The van der Waals surface area contributed by atoms with Crippen molar-refractivity contribution in [3.8, 4) is 0 Å². The molecule has 1 N–H and O–H groups in total. The van der Waals surface area contributed by atoms with Crippen molar-refractivity contribution in [3.63, 3.8) is 0 Å². The second-order valence-corrected chi connectivity index (χ2v) is 6.93. The molecule has 3 rings (SSSR count). The Morgan fingerprint density at radius 3 is 2.44 bits per heavy atom. The van der Waals surface area contributed by atoms with Gasteiger partial charge in [-0.25, -0.2) is 0 Å². The summed E-state index contributed by atoms with van der Waals surface area (Å²) in [6.45, 7) is 5.78. The molecule has 0 saturated carbocycles. The fourth-order valence-electron chi connectivity index (χ4n) is 3.47. The van der Waals surface area contributed by atoms with Crippen molar-refractivity contribution in [2.45, 2.75) is 25.3 Å². The third kappa shape index (κ3) is 5.42. The van der Waals surface area contributed by atoms with Crippen LogP contribution >= 0.6 is 24.0 Å². The number of nitrogens with zero attached hydrogens (tertiary/aromatic N) is 2. The van der Waals surface area contributed by atoms with Crippen molar-refractivity contribution >= 4 is 35.7 Å². The molecule has 1 amide bonds. The second kappa shape index (κ2) is 9.53. The lowest BCUT2D eigenvalue weighted by Gasteiger charge is -2.32. The Labute approximate surface area is 160 Å². The van der Waals surface area contributed by atoms with Gasteiger partial charge in [-0.3, -0.25) is 14.5 Å². The number of piperazine rings is 1. The number of carbonyl (C=O) groups excluding carboxylic acids is 2. The predicted octanol–water partition coefficient (Wildman–Crippen LogP) is 2.23. The number of carbonyl (C=O) groups is 2. The van der Waals surface area contributed by atoms with Crippen molar-refractivity contribution in [2.75, 3.05) is 39.3 Å². The molecule has 138 valence electrons. The van der Waals surface area contributed by atoms with E-state index in [2.05, 4.69) is 10.2 Å².